The predicted molar refractivity (Wildman–Crippen MR) is 112 cm³/mol. The van der Waals surface area contributed by atoms with E-state index < -0.39 is 5.91 Å². The Morgan fingerprint density at radius 2 is 2.07 bits per heavy atom. The molecule has 2 heterocycles. The molecule has 29 heavy (non-hydrogen) atoms. The van der Waals surface area contributed by atoms with Crippen LogP contribution in [0.5, 0.6) is 0 Å². The van der Waals surface area contributed by atoms with Crippen molar-refractivity contribution in [2.24, 2.45) is 5.10 Å². The van der Waals surface area contributed by atoms with E-state index >= 15 is 0 Å². The fourth-order valence-corrected chi connectivity index (χ4v) is 4.01. The summed E-state index contributed by atoms with van der Waals surface area (Å²) < 4.78 is 5.84. The van der Waals surface area contributed by atoms with Crippen LogP contribution in [0.25, 0.3) is 0 Å². The largest absolute Gasteiger partial charge is 0.455 e. The third-order valence-electron chi connectivity index (χ3n) is 4.60. The number of nitrogens with zero attached hydrogens (tertiary/aromatic N) is 2. The lowest BCUT2D eigenvalue weighted by atomic mass is 9.93. The van der Waals surface area contributed by atoms with Crippen molar-refractivity contribution in [1.82, 2.24) is 10.4 Å². The summed E-state index contributed by atoms with van der Waals surface area (Å²) in [6.07, 6.45) is 3.81. The number of halogens is 1. The number of carbonyl (C=O) groups is 2. The van der Waals surface area contributed by atoms with Gasteiger partial charge in [-0.2, -0.15) is 5.10 Å². The van der Waals surface area contributed by atoms with Gasteiger partial charge in [0, 0.05) is 29.1 Å². The number of furan rings is 1. The number of fused-ring (bicyclic) bond motifs is 1. The van der Waals surface area contributed by atoms with E-state index in [-0.39, 0.29) is 11.7 Å². The zero-order valence-electron chi connectivity index (χ0n) is 15.5. The molecular weight excluding hydrogens is 412 g/mol. The van der Waals surface area contributed by atoms with E-state index in [1.807, 2.05) is 6.92 Å². The van der Waals surface area contributed by atoms with Gasteiger partial charge in [0.1, 0.15) is 5.76 Å². The molecule has 0 radical (unpaired) electrons. The highest BCUT2D eigenvalue weighted by molar-refractivity contribution is 7.13. The minimum atomic E-state index is -0.391. The van der Waals surface area contributed by atoms with Crippen LogP contribution in [0.15, 0.2) is 45.4 Å². The fourth-order valence-electron chi connectivity index (χ4n) is 3.26. The highest BCUT2D eigenvalue weighted by atomic mass is 35.5. The second-order valence-electron chi connectivity index (χ2n) is 6.48. The first kappa shape index (κ1) is 19.4. The summed E-state index contributed by atoms with van der Waals surface area (Å²) >= 11 is 7.40. The van der Waals surface area contributed by atoms with Crippen LogP contribution < -0.4 is 10.7 Å². The number of aromatic nitrogens is 1. The van der Waals surface area contributed by atoms with E-state index in [0.717, 1.165) is 12.0 Å². The molecule has 0 unspecified atom stereocenters. The molecule has 0 fully saturated rings. The van der Waals surface area contributed by atoms with Gasteiger partial charge in [-0.05, 0) is 31.9 Å². The number of thiazole rings is 1. The Labute approximate surface area is 175 Å². The van der Waals surface area contributed by atoms with Crippen molar-refractivity contribution in [3.8, 4) is 0 Å². The summed E-state index contributed by atoms with van der Waals surface area (Å²) in [7, 11) is 0. The molecule has 148 valence electrons. The number of rotatable bonds is 4. The molecule has 0 aliphatic heterocycles. The van der Waals surface area contributed by atoms with E-state index in [4.69, 9.17) is 16.0 Å². The molecule has 0 bridgehead atoms. The van der Waals surface area contributed by atoms with Gasteiger partial charge in [-0.15, -0.1) is 11.3 Å². The molecule has 9 heteroatoms. The molecule has 0 saturated heterocycles. The summed E-state index contributed by atoms with van der Waals surface area (Å²) in [5, 5.41) is 9.68. The van der Waals surface area contributed by atoms with Gasteiger partial charge >= 0.3 is 0 Å². The maximum atomic E-state index is 12.6. The maximum absolute atomic E-state index is 12.6. The third kappa shape index (κ3) is 3.94. The third-order valence-corrected chi connectivity index (χ3v) is 5.61. The number of aryl methyl sites for hydroxylation is 1. The van der Waals surface area contributed by atoms with E-state index in [1.165, 1.54) is 11.3 Å². The Balaban J connectivity index is 1.58. The number of amides is 2. The first-order valence-electron chi connectivity index (χ1n) is 8.99. The van der Waals surface area contributed by atoms with Crippen molar-refractivity contribution >= 4 is 45.6 Å². The molecule has 0 spiro atoms. The van der Waals surface area contributed by atoms with Crippen molar-refractivity contribution in [3.63, 3.8) is 0 Å². The monoisotopic (exact) mass is 428 g/mol. The van der Waals surface area contributed by atoms with Crippen LogP contribution >= 0.6 is 22.9 Å². The van der Waals surface area contributed by atoms with E-state index in [2.05, 4.69) is 20.8 Å². The Morgan fingerprint density at radius 3 is 2.83 bits per heavy atom. The summed E-state index contributed by atoms with van der Waals surface area (Å²) in [5.74, 6) is 0.186. The average Bonchev–Trinajstić information content (AvgIpc) is 3.34. The van der Waals surface area contributed by atoms with Gasteiger partial charge in [-0.1, -0.05) is 23.7 Å². The van der Waals surface area contributed by atoms with Crippen LogP contribution in [-0.2, 0) is 6.42 Å². The second-order valence-corrected chi connectivity index (χ2v) is 7.78. The van der Waals surface area contributed by atoms with Gasteiger partial charge in [0.25, 0.3) is 11.8 Å². The lowest BCUT2D eigenvalue weighted by Gasteiger charge is -2.13. The molecule has 2 N–H and O–H groups in total. The van der Waals surface area contributed by atoms with Crippen LogP contribution in [-0.4, -0.2) is 22.5 Å². The molecule has 7 nitrogen and oxygen atoms in total. The minimum Gasteiger partial charge on any atom is -0.455 e. The van der Waals surface area contributed by atoms with Crippen molar-refractivity contribution in [1.29, 1.82) is 0 Å². The number of benzene rings is 1. The zero-order chi connectivity index (χ0) is 20.4. The predicted octanol–water partition coefficient (Wildman–Crippen LogP) is 4.42. The van der Waals surface area contributed by atoms with Crippen LogP contribution in [0.4, 0.5) is 5.13 Å². The van der Waals surface area contributed by atoms with Crippen molar-refractivity contribution in [2.45, 2.75) is 26.2 Å². The Morgan fingerprint density at radius 1 is 1.24 bits per heavy atom. The molecule has 2 amide bonds. The smallest absolute Gasteiger partial charge is 0.293 e. The Bertz CT molecular complexity index is 1110. The molecule has 1 aliphatic rings. The fraction of sp³-hybridized carbons (Fsp3) is 0.200. The Hall–Kier alpha value is -2.97. The van der Waals surface area contributed by atoms with Crippen LogP contribution in [0.3, 0.4) is 0 Å². The lowest BCUT2D eigenvalue weighted by molar-refractivity contribution is 0.0953. The van der Waals surface area contributed by atoms with Gasteiger partial charge < -0.3 is 4.42 Å². The molecule has 4 rings (SSSR count). The van der Waals surface area contributed by atoms with Crippen molar-refractivity contribution < 1.29 is 14.0 Å². The summed E-state index contributed by atoms with van der Waals surface area (Å²) in [6, 6.07) is 6.77. The molecule has 1 aromatic carbocycles. The van der Waals surface area contributed by atoms with E-state index in [9.17, 15) is 9.59 Å². The number of hydrogen-bond donors (Lipinski definition) is 2. The van der Waals surface area contributed by atoms with Crippen molar-refractivity contribution in [3.05, 3.63) is 69.1 Å². The quantitative estimate of drug-likeness (QED) is 0.601. The van der Waals surface area contributed by atoms with Gasteiger partial charge in [0.05, 0.1) is 16.3 Å². The first-order valence-corrected chi connectivity index (χ1v) is 10.2. The topological polar surface area (TPSA) is 96.6 Å². The summed E-state index contributed by atoms with van der Waals surface area (Å²) in [5.41, 5.74) is 5.07. The van der Waals surface area contributed by atoms with Crippen LogP contribution in [0.1, 0.15) is 50.6 Å². The number of anilines is 1. The number of hydrogen-bond acceptors (Lipinski definition) is 6. The summed E-state index contributed by atoms with van der Waals surface area (Å²) in [6.45, 7) is 1.82. The number of hydrazone groups is 1. The van der Waals surface area contributed by atoms with Crippen LogP contribution in [0, 0.1) is 6.92 Å². The normalized spacial score (nSPS) is 14.5. The lowest BCUT2D eigenvalue weighted by Crippen LogP contribution is -2.22. The maximum Gasteiger partial charge on any atom is 0.293 e. The number of nitrogens with one attached hydrogen (secondary N) is 2. The minimum absolute atomic E-state index is 0.234. The van der Waals surface area contributed by atoms with Crippen molar-refractivity contribution in [2.75, 3.05) is 5.32 Å². The standard InChI is InChI=1S/C20H17ClN4O3S/c1-11-16-14(24-25-18(26)12-5-2-3-6-13(12)21)7-4-8-15(16)28-17(11)19(27)23-20-22-9-10-29-20/h2-3,5-6,9-10H,4,7-8H2,1H3,(H,25,26)(H,22,23,27)/b24-14+. The first-order chi connectivity index (χ1) is 14.0. The number of carbonyl (C=O) groups excluding carboxylic acids is 2. The van der Waals surface area contributed by atoms with Gasteiger partial charge in [-0.25, -0.2) is 10.4 Å². The van der Waals surface area contributed by atoms with E-state index in [0.29, 0.717) is 45.6 Å². The highest BCUT2D eigenvalue weighted by Crippen LogP contribution is 2.30. The molecular formula is C20H17ClN4O3S. The molecule has 3 aromatic rings. The zero-order valence-corrected chi connectivity index (χ0v) is 17.1. The molecule has 0 atom stereocenters. The molecule has 2 aromatic heterocycles. The highest BCUT2D eigenvalue weighted by Gasteiger charge is 2.28. The summed E-state index contributed by atoms with van der Waals surface area (Å²) in [4.78, 5) is 29.0. The molecule has 0 saturated carbocycles. The van der Waals surface area contributed by atoms with E-state index in [1.54, 1.807) is 35.8 Å². The molecule has 1 aliphatic carbocycles. The second kappa shape index (κ2) is 8.18. The Kier molecular flexibility index (Phi) is 5.46. The van der Waals surface area contributed by atoms with Gasteiger partial charge in [-0.3, -0.25) is 14.9 Å². The van der Waals surface area contributed by atoms with Gasteiger partial charge in [0.2, 0.25) is 0 Å². The van der Waals surface area contributed by atoms with Crippen LogP contribution in [0.2, 0.25) is 5.02 Å². The SMILES string of the molecule is Cc1c(C(=O)Nc2nccs2)oc2c1/C(=N/NC(=O)c1ccccc1Cl)CCC2. The van der Waals surface area contributed by atoms with Gasteiger partial charge in [0.15, 0.2) is 10.9 Å². The average molecular weight is 429 g/mol.